The van der Waals surface area contributed by atoms with Crippen LogP contribution in [0.1, 0.15) is 41.5 Å². The highest BCUT2D eigenvalue weighted by Crippen LogP contribution is 2.22. The summed E-state index contributed by atoms with van der Waals surface area (Å²) in [6.45, 7) is 5.09. The highest BCUT2D eigenvalue weighted by Gasteiger charge is 2.14. The second-order valence-electron chi connectivity index (χ2n) is 4.30. The third kappa shape index (κ3) is 4.89. The van der Waals surface area contributed by atoms with Gasteiger partial charge in [-0.1, -0.05) is 0 Å². The van der Waals surface area contributed by atoms with E-state index in [9.17, 15) is 9.59 Å². The van der Waals surface area contributed by atoms with Crippen molar-refractivity contribution in [2.45, 2.75) is 26.9 Å². The summed E-state index contributed by atoms with van der Waals surface area (Å²) in [6, 6.07) is 4.51. The minimum absolute atomic E-state index is 0. The molecule has 0 aliphatic rings. The van der Waals surface area contributed by atoms with Crippen LogP contribution >= 0.6 is 12.4 Å². The van der Waals surface area contributed by atoms with Gasteiger partial charge in [0.25, 0.3) is 5.91 Å². The van der Waals surface area contributed by atoms with Gasteiger partial charge in [-0.25, -0.2) is 0 Å². The van der Waals surface area contributed by atoms with Crippen molar-refractivity contribution in [3.63, 3.8) is 0 Å². The zero-order chi connectivity index (χ0) is 14.6. The Morgan fingerprint density at radius 2 is 1.95 bits per heavy atom. The maximum atomic E-state index is 11.7. The van der Waals surface area contributed by atoms with Gasteiger partial charge in [-0.15, -0.1) is 12.4 Å². The monoisotopic (exact) mass is 299 g/mol. The van der Waals surface area contributed by atoms with Crippen LogP contribution in [0.2, 0.25) is 0 Å². The lowest BCUT2D eigenvalue weighted by Crippen LogP contribution is -2.35. The van der Waals surface area contributed by atoms with Crippen LogP contribution in [0.3, 0.4) is 0 Å². The predicted octanol–water partition coefficient (Wildman–Crippen LogP) is 1.72. The van der Waals surface area contributed by atoms with Gasteiger partial charge in [0.05, 0.1) is 11.7 Å². The Morgan fingerprint density at radius 3 is 2.40 bits per heavy atom. The van der Waals surface area contributed by atoms with Crippen molar-refractivity contribution in [1.29, 1.82) is 5.41 Å². The molecule has 20 heavy (non-hydrogen) atoms. The molecule has 0 fully saturated rings. The molecular formula is C13H18ClN3O3. The molecule has 4 N–H and O–H groups in total. The predicted molar refractivity (Wildman–Crippen MR) is 78.8 cm³/mol. The molecule has 0 saturated carbocycles. The van der Waals surface area contributed by atoms with Crippen LogP contribution in [-0.4, -0.2) is 23.8 Å². The van der Waals surface area contributed by atoms with E-state index < -0.39 is 11.9 Å². The molecule has 7 heteroatoms. The van der Waals surface area contributed by atoms with E-state index in [0.29, 0.717) is 11.3 Å². The van der Waals surface area contributed by atoms with E-state index in [1.165, 1.54) is 19.1 Å². The first-order valence-corrected chi connectivity index (χ1v) is 5.78. The van der Waals surface area contributed by atoms with Crippen molar-refractivity contribution < 1.29 is 14.3 Å². The highest BCUT2D eigenvalue weighted by atomic mass is 35.5. The molecule has 1 rings (SSSR count). The number of guanidine groups is 1. The summed E-state index contributed by atoms with van der Waals surface area (Å²) in [6.07, 6.45) is -0.0741. The molecule has 0 aliphatic carbocycles. The molecule has 0 heterocycles. The number of nitrogens with two attached hydrogens (primary N) is 1. The number of rotatable bonds is 4. The minimum Gasteiger partial charge on any atom is -0.490 e. The normalized spacial score (nSPS) is 9.60. The number of halogens is 1. The van der Waals surface area contributed by atoms with Gasteiger partial charge in [-0.05, 0) is 39.0 Å². The molecule has 0 aliphatic heterocycles. The van der Waals surface area contributed by atoms with Crippen LogP contribution in [-0.2, 0) is 0 Å². The van der Waals surface area contributed by atoms with Gasteiger partial charge in [0, 0.05) is 5.56 Å². The molecular weight excluding hydrogens is 282 g/mol. The number of carbonyl (C=O) groups excluding carboxylic acids is 2. The number of ketones is 1. The van der Waals surface area contributed by atoms with Crippen molar-refractivity contribution in [2.75, 3.05) is 0 Å². The van der Waals surface area contributed by atoms with Crippen molar-refractivity contribution in [1.82, 2.24) is 5.32 Å². The number of hydrogen-bond acceptors (Lipinski definition) is 4. The van der Waals surface area contributed by atoms with Crippen LogP contribution < -0.4 is 15.8 Å². The molecule has 6 nitrogen and oxygen atoms in total. The number of Topliss-reactive ketones (excluding diaryl/α,β-unsaturated/α-hetero) is 1. The van der Waals surface area contributed by atoms with E-state index in [4.69, 9.17) is 15.9 Å². The number of nitrogens with one attached hydrogen (secondary N) is 2. The summed E-state index contributed by atoms with van der Waals surface area (Å²) in [5.74, 6) is -0.752. The zero-order valence-electron chi connectivity index (χ0n) is 11.5. The number of benzene rings is 1. The molecule has 0 aromatic heterocycles. The first-order valence-electron chi connectivity index (χ1n) is 5.78. The van der Waals surface area contributed by atoms with Gasteiger partial charge in [0.2, 0.25) is 0 Å². The van der Waals surface area contributed by atoms with Crippen molar-refractivity contribution in [3.05, 3.63) is 29.3 Å². The second kappa shape index (κ2) is 7.49. The topological polar surface area (TPSA) is 105 Å². The Bertz CT molecular complexity index is 530. The van der Waals surface area contributed by atoms with Gasteiger partial charge in [0.15, 0.2) is 11.7 Å². The number of hydrogen-bond donors (Lipinski definition) is 3. The summed E-state index contributed by atoms with van der Waals surface area (Å²) in [7, 11) is 0. The summed E-state index contributed by atoms with van der Waals surface area (Å²) in [4.78, 5) is 23.2. The van der Waals surface area contributed by atoms with Gasteiger partial charge in [0.1, 0.15) is 5.75 Å². The van der Waals surface area contributed by atoms with E-state index in [1.807, 2.05) is 13.8 Å². The lowest BCUT2D eigenvalue weighted by molar-refractivity contribution is 0.0976. The molecule has 1 amide bonds. The standard InChI is InChI=1S/C13H17N3O3.ClH/c1-7(2)19-11-5-4-9(6-10(11)8(3)17)12(18)16-13(14)15;/h4-7H,1-3H3,(H4,14,15,16,18);1H. The average molecular weight is 300 g/mol. The Hall–Kier alpha value is -2.08. The molecule has 0 spiro atoms. The molecule has 0 saturated heterocycles. The highest BCUT2D eigenvalue weighted by molar-refractivity contribution is 6.06. The third-order valence-corrected chi connectivity index (χ3v) is 2.23. The second-order valence-corrected chi connectivity index (χ2v) is 4.30. The maximum absolute atomic E-state index is 11.7. The molecule has 1 aromatic rings. The molecule has 0 radical (unpaired) electrons. The molecule has 0 bridgehead atoms. The summed E-state index contributed by atoms with van der Waals surface area (Å²) in [5, 5.41) is 9.16. The fourth-order valence-electron chi connectivity index (χ4n) is 1.50. The van der Waals surface area contributed by atoms with E-state index in [-0.39, 0.29) is 29.9 Å². The smallest absolute Gasteiger partial charge is 0.257 e. The van der Waals surface area contributed by atoms with Crippen LogP contribution in [0.4, 0.5) is 0 Å². The fraction of sp³-hybridized carbons (Fsp3) is 0.308. The molecule has 0 atom stereocenters. The maximum Gasteiger partial charge on any atom is 0.257 e. The number of carbonyl (C=O) groups is 2. The lowest BCUT2D eigenvalue weighted by atomic mass is 10.1. The summed E-state index contributed by atoms with van der Waals surface area (Å²) in [5.41, 5.74) is 5.65. The quantitative estimate of drug-likeness (QED) is 0.447. The van der Waals surface area contributed by atoms with Gasteiger partial charge >= 0.3 is 0 Å². The SMILES string of the molecule is CC(=O)c1cc(C(=O)NC(=N)N)ccc1OC(C)C.Cl. The first kappa shape index (κ1) is 17.9. The minimum atomic E-state index is -0.536. The van der Waals surface area contributed by atoms with Crippen molar-refractivity contribution >= 4 is 30.1 Å². The van der Waals surface area contributed by atoms with Crippen molar-refractivity contribution in [2.24, 2.45) is 5.73 Å². The molecule has 0 unspecified atom stereocenters. The van der Waals surface area contributed by atoms with Crippen molar-refractivity contribution in [3.8, 4) is 5.75 Å². The summed E-state index contributed by atoms with van der Waals surface area (Å²) < 4.78 is 5.50. The van der Waals surface area contributed by atoms with Crippen LogP contribution in [0.15, 0.2) is 18.2 Å². The molecule has 110 valence electrons. The Labute approximate surface area is 123 Å². The van der Waals surface area contributed by atoms with E-state index in [1.54, 1.807) is 6.07 Å². The van der Waals surface area contributed by atoms with Crippen LogP contribution in [0, 0.1) is 5.41 Å². The Kier molecular flexibility index (Phi) is 6.72. The first-order chi connectivity index (χ1) is 8.81. The van der Waals surface area contributed by atoms with E-state index in [0.717, 1.165) is 0 Å². The largest absolute Gasteiger partial charge is 0.490 e. The Morgan fingerprint density at radius 1 is 1.35 bits per heavy atom. The zero-order valence-corrected chi connectivity index (χ0v) is 12.3. The van der Waals surface area contributed by atoms with E-state index >= 15 is 0 Å². The van der Waals surface area contributed by atoms with Crippen LogP contribution in [0.5, 0.6) is 5.75 Å². The fourth-order valence-corrected chi connectivity index (χ4v) is 1.50. The van der Waals surface area contributed by atoms with Gasteiger partial charge < -0.3 is 10.5 Å². The van der Waals surface area contributed by atoms with Gasteiger partial charge in [-0.2, -0.15) is 0 Å². The number of amides is 1. The third-order valence-electron chi connectivity index (χ3n) is 2.23. The Balaban J connectivity index is 0.00000361. The number of ether oxygens (including phenoxy) is 1. The summed E-state index contributed by atoms with van der Waals surface area (Å²) >= 11 is 0. The van der Waals surface area contributed by atoms with E-state index in [2.05, 4.69) is 5.32 Å². The van der Waals surface area contributed by atoms with Gasteiger partial charge in [-0.3, -0.25) is 20.3 Å². The van der Waals surface area contributed by atoms with Crippen LogP contribution in [0.25, 0.3) is 0 Å². The lowest BCUT2D eigenvalue weighted by Gasteiger charge is -2.14. The molecule has 1 aromatic carbocycles. The average Bonchev–Trinajstić information content (AvgIpc) is 2.27.